The van der Waals surface area contributed by atoms with E-state index in [9.17, 15) is 4.79 Å². The number of nitrogens with one attached hydrogen (secondary N) is 1. The van der Waals surface area contributed by atoms with Gasteiger partial charge in [-0.25, -0.2) is 0 Å². The Kier molecular flexibility index (Phi) is 2.98. The summed E-state index contributed by atoms with van der Waals surface area (Å²) in [5, 5.41) is 24.5. The Balaban J connectivity index is 2.21. The van der Waals surface area contributed by atoms with Crippen molar-refractivity contribution in [1.29, 1.82) is 5.26 Å². The van der Waals surface area contributed by atoms with Crippen molar-refractivity contribution >= 4 is 11.7 Å². The van der Waals surface area contributed by atoms with E-state index in [0.29, 0.717) is 11.1 Å². The standard InChI is InChI=1S/C12H10N4O2/c1-16-7-9(6-13)11(15-16)14-12(18)8-2-4-10(17)5-3-8/h2-5,7,17H,1H3,(H,14,15,18). The fourth-order valence-electron chi connectivity index (χ4n) is 1.46. The molecule has 0 spiro atoms. The molecular formula is C12H10N4O2. The second-order valence-electron chi connectivity index (χ2n) is 3.68. The van der Waals surface area contributed by atoms with Crippen molar-refractivity contribution in [3.8, 4) is 11.8 Å². The minimum absolute atomic E-state index is 0.0853. The number of carbonyl (C=O) groups excluding carboxylic acids is 1. The van der Waals surface area contributed by atoms with Gasteiger partial charge in [-0.2, -0.15) is 10.4 Å². The van der Waals surface area contributed by atoms with Crippen LogP contribution in [0.2, 0.25) is 0 Å². The normalized spacial score (nSPS) is 9.78. The van der Waals surface area contributed by atoms with Crippen LogP contribution in [-0.4, -0.2) is 20.8 Å². The minimum Gasteiger partial charge on any atom is -0.508 e. The van der Waals surface area contributed by atoms with Crippen LogP contribution in [0.3, 0.4) is 0 Å². The summed E-state index contributed by atoms with van der Waals surface area (Å²) >= 11 is 0. The first-order chi connectivity index (χ1) is 8.60. The number of hydrogen-bond donors (Lipinski definition) is 2. The van der Waals surface area contributed by atoms with Gasteiger partial charge in [-0.05, 0) is 24.3 Å². The Morgan fingerprint density at radius 2 is 2.11 bits per heavy atom. The number of anilines is 1. The lowest BCUT2D eigenvalue weighted by Gasteiger charge is -2.02. The number of amides is 1. The lowest BCUT2D eigenvalue weighted by atomic mass is 10.2. The molecule has 1 heterocycles. The molecule has 2 N–H and O–H groups in total. The third kappa shape index (κ3) is 2.30. The Hall–Kier alpha value is -2.81. The maximum Gasteiger partial charge on any atom is 0.256 e. The number of nitrogens with zero attached hydrogens (tertiary/aromatic N) is 3. The number of aromatic nitrogens is 2. The fraction of sp³-hybridized carbons (Fsp3) is 0.0833. The van der Waals surface area contributed by atoms with Gasteiger partial charge in [0.2, 0.25) is 0 Å². The number of benzene rings is 1. The van der Waals surface area contributed by atoms with Gasteiger partial charge in [0.05, 0.1) is 0 Å². The fourth-order valence-corrected chi connectivity index (χ4v) is 1.46. The van der Waals surface area contributed by atoms with Crippen molar-refractivity contribution < 1.29 is 9.90 Å². The van der Waals surface area contributed by atoms with Gasteiger partial charge in [0, 0.05) is 18.8 Å². The molecule has 2 rings (SSSR count). The first-order valence-electron chi connectivity index (χ1n) is 5.14. The summed E-state index contributed by atoms with van der Waals surface area (Å²) in [4.78, 5) is 11.9. The molecule has 0 saturated carbocycles. The zero-order valence-electron chi connectivity index (χ0n) is 9.58. The minimum atomic E-state index is -0.384. The number of nitriles is 1. The largest absolute Gasteiger partial charge is 0.508 e. The molecule has 0 unspecified atom stereocenters. The van der Waals surface area contributed by atoms with Crippen molar-refractivity contribution in [3.05, 3.63) is 41.6 Å². The van der Waals surface area contributed by atoms with Gasteiger partial charge in [0.15, 0.2) is 5.82 Å². The summed E-state index contributed by atoms with van der Waals surface area (Å²) in [6, 6.07) is 7.75. The maximum absolute atomic E-state index is 11.9. The highest BCUT2D eigenvalue weighted by Crippen LogP contribution is 2.14. The number of rotatable bonds is 2. The van der Waals surface area contributed by atoms with Gasteiger partial charge >= 0.3 is 0 Å². The van der Waals surface area contributed by atoms with Crippen LogP contribution >= 0.6 is 0 Å². The molecule has 0 radical (unpaired) electrons. The molecule has 0 bridgehead atoms. The smallest absolute Gasteiger partial charge is 0.256 e. The van der Waals surface area contributed by atoms with Crippen LogP contribution in [0, 0.1) is 11.3 Å². The molecular weight excluding hydrogens is 232 g/mol. The lowest BCUT2D eigenvalue weighted by molar-refractivity contribution is 0.102. The number of aryl methyl sites for hydroxylation is 1. The zero-order valence-corrected chi connectivity index (χ0v) is 9.58. The van der Waals surface area contributed by atoms with E-state index in [-0.39, 0.29) is 17.5 Å². The van der Waals surface area contributed by atoms with Gasteiger partial charge < -0.3 is 10.4 Å². The monoisotopic (exact) mass is 242 g/mol. The predicted octanol–water partition coefficient (Wildman–Crippen LogP) is 1.25. The Morgan fingerprint density at radius 3 is 2.72 bits per heavy atom. The molecule has 0 aliphatic rings. The van der Waals surface area contributed by atoms with E-state index in [0.717, 1.165) is 0 Å². The average Bonchev–Trinajstić information content (AvgIpc) is 2.70. The third-order valence-electron chi connectivity index (χ3n) is 2.31. The van der Waals surface area contributed by atoms with Crippen LogP contribution in [0.15, 0.2) is 30.5 Å². The molecule has 18 heavy (non-hydrogen) atoms. The van der Waals surface area contributed by atoms with Crippen LogP contribution in [0.25, 0.3) is 0 Å². The number of phenolic OH excluding ortho intramolecular Hbond substituents is 1. The summed E-state index contributed by atoms with van der Waals surface area (Å²) in [6.45, 7) is 0. The first kappa shape index (κ1) is 11.7. The average molecular weight is 242 g/mol. The first-order valence-corrected chi connectivity index (χ1v) is 5.14. The molecule has 0 saturated heterocycles. The van der Waals surface area contributed by atoms with Gasteiger partial charge in [-0.1, -0.05) is 0 Å². The molecule has 0 aliphatic heterocycles. The second kappa shape index (κ2) is 4.59. The van der Waals surface area contributed by atoms with Gasteiger partial charge in [-0.15, -0.1) is 0 Å². The molecule has 0 fully saturated rings. The lowest BCUT2D eigenvalue weighted by Crippen LogP contribution is -2.13. The van der Waals surface area contributed by atoms with E-state index in [1.165, 1.54) is 35.1 Å². The summed E-state index contributed by atoms with van der Waals surface area (Å²) in [7, 11) is 1.66. The molecule has 90 valence electrons. The highest BCUT2D eigenvalue weighted by atomic mass is 16.3. The topological polar surface area (TPSA) is 90.9 Å². The highest BCUT2D eigenvalue weighted by Gasteiger charge is 2.12. The predicted molar refractivity (Wildman–Crippen MR) is 64.0 cm³/mol. The van der Waals surface area contributed by atoms with Crippen molar-refractivity contribution in [2.45, 2.75) is 0 Å². The zero-order chi connectivity index (χ0) is 13.1. The van der Waals surface area contributed by atoms with Crippen molar-refractivity contribution in [1.82, 2.24) is 9.78 Å². The van der Waals surface area contributed by atoms with E-state index >= 15 is 0 Å². The highest BCUT2D eigenvalue weighted by molar-refractivity contribution is 6.04. The number of hydrogen-bond acceptors (Lipinski definition) is 4. The summed E-state index contributed by atoms with van der Waals surface area (Å²) < 4.78 is 1.45. The van der Waals surface area contributed by atoms with E-state index in [4.69, 9.17) is 10.4 Å². The van der Waals surface area contributed by atoms with Crippen molar-refractivity contribution in [2.75, 3.05) is 5.32 Å². The number of aromatic hydroxyl groups is 1. The molecule has 6 heteroatoms. The van der Waals surface area contributed by atoms with Gasteiger partial charge in [0.25, 0.3) is 5.91 Å². The quantitative estimate of drug-likeness (QED) is 0.829. The van der Waals surface area contributed by atoms with Crippen LogP contribution < -0.4 is 5.32 Å². The molecule has 1 aromatic carbocycles. The summed E-state index contributed by atoms with van der Waals surface area (Å²) in [6.07, 6.45) is 1.52. The maximum atomic E-state index is 11.9. The van der Waals surface area contributed by atoms with Crippen molar-refractivity contribution in [3.63, 3.8) is 0 Å². The van der Waals surface area contributed by atoms with Crippen LogP contribution in [-0.2, 0) is 7.05 Å². The van der Waals surface area contributed by atoms with E-state index in [2.05, 4.69) is 10.4 Å². The summed E-state index contributed by atoms with van der Waals surface area (Å²) in [5.41, 5.74) is 0.673. The molecule has 1 aromatic heterocycles. The summed E-state index contributed by atoms with van der Waals surface area (Å²) in [5.74, 6) is -0.0784. The third-order valence-corrected chi connectivity index (χ3v) is 2.31. The van der Waals surface area contributed by atoms with Crippen LogP contribution in [0.4, 0.5) is 5.82 Å². The molecule has 2 aromatic rings. The second-order valence-corrected chi connectivity index (χ2v) is 3.68. The van der Waals surface area contributed by atoms with E-state index in [1.807, 2.05) is 6.07 Å². The Labute approximate surface area is 103 Å². The SMILES string of the molecule is Cn1cc(C#N)c(NC(=O)c2ccc(O)cc2)n1. The van der Waals surface area contributed by atoms with Gasteiger partial charge in [0.1, 0.15) is 17.4 Å². The Morgan fingerprint density at radius 1 is 1.44 bits per heavy atom. The molecule has 1 amide bonds. The van der Waals surface area contributed by atoms with Crippen LogP contribution in [0.5, 0.6) is 5.75 Å². The van der Waals surface area contributed by atoms with Gasteiger partial charge in [-0.3, -0.25) is 9.48 Å². The molecule has 0 aliphatic carbocycles. The van der Waals surface area contributed by atoms with Crippen molar-refractivity contribution in [2.24, 2.45) is 7.05 Å². The number of carbonyl (C=O) groups is 1. The Bertz CT molecular complexity index is 623. The van der Waals surface area contributed by atoms with E-state index in [1.54, 1.807) is 7.05 Å². The van der Waals surface area contributed by atoms with Crippen LogP contribution in [0.1, 0.15) is 15.9 Å². The molecule has 6 nitrogen and oxygen atoms in total. The van der Waals surface area contributed by atoms with E-state index < -0.39 is 0 Å². The molecule has 0 atom stereocenters. The number of phenols is 1.